The number of pyridine rings is 1. The fourth-order valence-corrected chi connectivity index (χ4v) is 3.75. The zero-order valence-electron chi connectivity index (χ0n) is 17.9. The lowest BCUT2D eigenvalue weighted by atomic mass is 9.97. The highest BCUT2D eigenvalue weighted by atomic mass is 16.5. The molecule has 1 heterocycles. The molecule has 32 heavy (non-hydrogen) atoms. The monoisotopic (exact) mass is 425 g/mol. The van der Waals surface area contributed by atoms with Crippen LogP contribution in [0.5, 0.6) is 0 Å². The van der Waals surface area contributed by atoms with Crippen molar-refractivity contribution in [2.24, 2.45) is 5.73 Å². The Kier molecular flexibility index (Phi) is 5.85. The molecule has 6 nitrogen and oxygen atoms in total. The minimum Gasteiger partial charge on any atom is -0.465 e. The molecule has 0 fully saturated rings. The van der Waals surface area contributed by atoms with Gasteiger partial charge in [0.25, 0.3) is 5.91 Å². The van der Waals surface area contributed by atoms with Crippen molar-refractivity contribution in [2.75, 3.05) is 12.4 Å². The SMILES string of the molecule is COC(=O)c1cccc(-c2cc(C)c3ncc(C(N)=O)c(NCc4ccccc4)c3c2)c1. The maximum Gasteiger partial charge on any atom is 0.337 e. The van der Waals surface area contributed by atoms with E-state index >= 15 is 0 Å². The van der Waals surface area contributed by atoms with Crippen molar-refractivity contribution in [1.29, 1.82) is 0 Å². The van der Waals surface area contributed by atoms with Crippen LogP contribution in [0.1, 0.15) is 31.8 Å². The van der Waals surface area contributed by atoms with E-state index in [4.69, 9.17) is 10.5 Å². The van der Waals surface area contributed by atoms with Gasteiger partial charge < -0.3 is 15.8 Å². The van der Waals surface area contributed by atoms with Crippen LogP contribution in [0.15, 0.2) is 72.9 Å². The van der Waals surface area contributed by atoms with Gasteiger partial charge in [-0.15, -0.1) is 0 Å². The molecule has 0 saturated heterocycles. The van der Waals surface area contributed by atoms with E-state index in [9.17, 15) is 9.59 Å². The summed E-state index contributed by atoms with van der Waals surface area (Å²) in [4.78, 5) is 28.6. The molecule has 4 aromatic rings. The molecule has 6 heteroatoms. The summed E-state index contributed by atoms with van der Waals surface area (Å²) < 4.78 is 4.85. The second-order valence-electron chi connectivity index (χ2n) is 7.51. The van der Waals surface area contributed by atoms with E-state index < -0.39 is 11.9 Å². The lowest BCUT2D eigenvalue weighted by Gasteiger charge is -2.16. The molecule has 0 spiro atoms. The van der Waals surface area contributed by atoms with Crippen LogP contribution >= 0.6 is 0 Å². The quantitative estimate of drug-likeness (QED) is 0.437. The van der Waals surface area contributed by atoms with Crippen LogP contribution in [0, 0.1) is 6.92 Å². The molecule has 0 atom stereocenters. The number of carbonyl (C=O) groups excluding carboxylic acids is 2. The van der Waals surface area contributed by atoms with Gasteiger partial charge >= 0.3 is 5.97 Å². The first kappa shape index (κ1) is 21.1. The van der Waals surface area contributed by atoms with E-state index in [0.717, 1.165) is 33.2 Å². The van der Waals surface area contributed by atoms with Crippen LogP contribution in [-0.4, -0.2) is 24.0 Å². The molecule has 1 amide bonds. The number of hydrogen-bond acceptors (Lipinski definition) is 5. The number of esters is 1. The number of nitrogens with one attached hydrogen (secondary N) is 1. The van der Waals surface area contributed by atoms with Crippen molar-refractivity contribution in [3.05, 3.63) is 95.2 Å². The number of nitrogens with two attached hydrogens (primary N) is 1. The van der Waals surface area contributed by atoms with Crippen LogP contribution < -0.4 is 11.1 Å². The molecule has 0 radical (unpaired) electrons. The molecule has 0 aliphatic rings. The Hall–Kier alpha value is -4.19. The zero-order valence-corrected chi connectivity index (χ0v) is 17.9. The van der Waals surface area contributed by atoms with E-state index in [-0.39, 0.29) is 0 Å². The van der Waals surface area contributed by atoms with Gasteiger partial charge in [0.05, 0.1) is 29.4 Å². The topological polar surface area (TPSA) is 94.3 Å². The zero-order chi connectivity index (χ0) is 22.7. The summed E-state index contributed by atoms with van der Waals surface area (Å²) in [7, 11) is 1.36. The summed E-state index contributed by atoms with van der Waals surface area (Å²) in [5.74, 6) is -0.946. The van der Waals surface area contributed by atoms with Crippen LogP contribution in [0.3, 0.4) is 0 Å². The van der Waals surface area contributed by atoms with Gasteiger partial charge in [-0.05, 0) is 53.4 Å². The fourth-order valence-electron chi connectivity index (χ4n) is 3.75. The van der Waals surface area contributed by atoms with Crippen molar-refractivity contribution in [1.82, 2.24) is 4.98 Å². The van der Waals surface area contributed by atoms with Crippen LogP contribution in [0.25, 0.3) is 22.0 Å². The number of anilines is 1. The summed E-state index contributed by atoms with van der Waals surface area (Å²) in [5.41, 5.74) is 11.6. The van der Waals surface area contributed by atoms with Gasteiger partial charge in [0.15, 0.2) is 0 Å². The largest absolute Gasteiger partial charge is 0.465 e. The molecule has 0 aliphatic heterocycles. The Morgan fingerprint density at radius 2 is 1.78 bits per heavy atom. The summed E-state index contributed by atoms with van der Waals surface area (Å²) in [6, 6.07) is 21.1. The standard InChI is InChI=1S/C26H23N3O3/c1-16-11-20(18-9-6-10-19(12-18)26(31)32-2)13-21-23(16)29-15-22(25(27)30)24(21)28-14-17-7-4-3-5-8-17/h3-13,15H,14H2,1-2H3,(H2,27,30)(H,28,29). The normalized spacial score (nSPS) is 10.7. The maximum absolute atomic E-state index is 12.2. The van der Waals surface area contributed by atoms with Crippen molar-refractivity contribution in [3.8, 4) is 11.1 Å². The summed E-state index contributed by atoms with van der Waals surface area (Å²) in [6.07, 6.45) is 1.52. The molecule has 0 unspecified atom stereocenters. The van der Waals surface area contributed by atoms with E-state index in [1.807, 2.05) is 61.5 Å². The Morgan fingerprint density at radius 3 is 2.50 bits per heavy atom. The van der Waals surface area contributed by atoms with Gasteiger partial charge in [0.2, 0.25) is 0 Å². The van der Waals surface area contributed by atoms with Gasteiger partial charge in [0.1, 0.15) is 0 Å². The average Bonchev–Trinajstić information content (AvgIpc) is 2.82. The van der Waals surface area contributed by atoms with Gasteiger partial charge in [-0.25, -0.2) is 4.79 Å². The minimum atomic E-state index is -0.550. The Labute approximate surface area is 186 Å². The molecular formula is C26H23N3O3. The molecule has 1 aromatic heterocycles. The number of ether oxygens (including phenoxy) is 1. The van der Waals surface area contributed by atoms with E-state index in [1.165, 1.54) is 13.3 Å². The Morgan fingerprint density at radius 1 is 1.00 bits per heavy atom. The number of rotatable bonds is 6. The predicted molar refractivity (Wildman–Crippen MR) is 126 cm³/mol. The van der Waals surface area contributed by atoms with Crippen LogP contribution in [0.2, 0.25) is 0 Å². The van der Waals surface area contributed by atoms with E-state index in [1.54, 1.807) is 12.1 Å². The number of hydrogen-bond donors (Lipinski definition) is 2. The first-order chi connectivity index (χ1) is 15.5. The summed E-state index contributed by atoms with van der Waals surface area (Å²) in [5, 5.41) is 4.17. The lowest BCUT2D eigenvalue weighted by molar-refractivity contribution is 0.0600. The molecule has 4 rings (SSSR count). The van der Waals surface area contributed by atoms with Crippen molar-refractivity contribution in [3.63, 3.8) is 0 Å². The number of primary amides is 1. The third kappa shape index (κ3) is 4.16. The molecule has 3 aromatic carbocycles. The predicted octanol–water partition coefficient (Wildman–Crippen LogP) is 4.71. The highest BCUT2D eigenvalue weighted by Gasteiger charge is 2.16. The van der Waals surface area contributed by atoms with E-state index in [2.05, 4.69) is 10.3 Å². The number of amides is 1. The molecule has 3 N–H and O–H groups in total. The number of methoxy groups -OCH3 is 1. The smallest absolute Gasteiger partial charge is 0.337 e. The number of benzene rings is 3. The first-order valence-corrected chi connectivity index (χ1v) is 10.2. The van der Waals surface area contributed by atoms with Crippen molar-refractivity contribution in [2.45, 2.75) is 13.5 Å². The summed E-state index contributed by atoms with van der Waals surface area (Å²) in [6.45, 7) is 2.50. The van der Waals surface area contributed by atoms with Gasteiger partial charge in [-0.3, -0.25) is 9.78 Å². The van der Waals surface area contributed by atoms with Gasteiger partial charge in [-0.1, -0.05) is 42.5 Å². The highest BCUT2D eigenvalue weighted by molar-refractivity contribution is 6.08. The van der Waals surface area contributed by atoms with Crippen LogP contribution in [0.4, 0.5) is 5.69 Å². The van der Waals surface area contributed by atoms with E-state index in [0.29, 0.717) is 23.4 Å². The number of aromatic nitrogens is 1. The Bertz CT molecular complexity index is 1320. The van der Waals surface area contributed by atoms with Gasteiger partial charge in [0, 0.05) is 18.1 Å². The third-order valence-electron chi connectivity index (χ3n) is 5.36. The Balaban J connectivity index is 1.86. The number of carbonyl (C=O) groups is 2. The van der Waals surface area contributed by atoms with Crippen molar-refractivity contribution < 1.29 is 14.3 Å². The van der Waals surface area contributed by atoms with Gasteiger partial charge in [-0.2, -0.15) is 0 Å². The number of fused-ring (bicyclic) bond motifs is 1. The second-order valence-corrected chi connectivity index (χ2v) is 7.51. The average molecular weight is 425 g/mol. The van der Waals surface area contributed by atoms with Crippen molar-refractivity contribution >= 4 is 28.5 Å². The number of aryl methyl sites for hydroxylation is 1. The number of nitrogens with zero attached hydrogens (tertiary/aromatic N) is 1. The molecular weight excluding hydrogens is 402 g/mol. The highest BCUT2D eigenvalue weighted by Crippen LogP contribution is 2.33. The first-order valence-electron chi connectivity index (χ1n) is 10.2. The second kappa shape index (κ2) is 8.89. The molecule has 160 valence electrons. The van der Waals surface area contributed by atoms with Crippen LogP contribution in [-0.2, 0) is 11.3 Å². The maximum atomic E-state index is 12.2. The lowest BCUT2D eigenvalue weighted by Crippen LogP contribution is -2.15. The summed E-state index contributed by atoms with van der Waals surface area (Å²) >= 11 is 0. The third-order valence-corrected chi connectivity index (χ3v) is 5.36. The fraction of sp³-hybridized carbons (Fsp3) is 0.115. The molecule has 0 saturated carbocycles. The molecule has 0 bridgehead atoms. The molecule has 0 aliphatic carbocycles. The minimum absolute atomic E-state index is 0.327.